The van der Waals surface area contributed by atoms with Crippen LogP contribution in [-0.2, 0) is 26.2 Å². The van der Waals surface area contributed by atoms with Gasteiger partial charge < -0.3 is 10.2 Å². The van der Waals surface area contributed by atoms with Gasteiger partial charge >= 0.3 is 0 Å². The lowest BCUT2D eigenvalue weighted by Crippen LogP contribution is -2.50. The molecule has 0 heterocycles. The summed E-state index contributed by atoms with van der Waals surface area (Å²) in [5.74, 6) is -1.20. The summed E-state index contributed by atoms with van der Waals surface area (Å²) in [7, 11) is -2.93. The topological polar surface area (TPSA) is 130 Å². The molecule has 0 saturated carbocycles. The number of hydrogen-bond acceptors (Lipinski definition) is 6. The largest absolute Gasteiger partial charge is 0.357 e. The van der Waals surface area contributed by atoms with Gasteiger partial charge in [0, 0.05) is 25.7 Å². The van der Waals surface area contributed by atoms with E-state index in [1.807, 2.05) is 0 Å². The van der Waals surface area contributed by atoms with Crippen molar-refractivity contribution >= 4 is 56.4 Å². The summed E-state index contributed by atoms with van der Waals surface area (Å²) < 4.78 is 28.1. The number of nitro benzene ring substituents is 1. The first-order valence-corrected chi connectivity index (χ1v) is 13.4. The number of hydrogen-bond donors (Lipinski definition) is 1. The number of amides is 2. The molecule has 2 amide bonds. The number of halogens is 2. The van der Waals surface area contributed by atoms with E-state index >= 15 is 0 Å². The zero-order valence-corrected chi connectivity index (χ0v) is 22.7. The molecule has 0 aliphatic heterocycles. The first kappa shape index (κ1) is 28.9. The van der Waals surface area contributed by atoms with Gasteiger partial charge in [0.15, 0.2) is 0 Å². The first-order chi connectivity index (χ1) is 17.9. The van der Waals surface area contributed by atoms with Crippen molar-refractivity contribution in [2.75, 3.05) is 17.9 Å². The number of anilines is 1. The normalized spacial score (nSPS) is 11.9. The summed E-state index contributed by atoms with van der Waals surface area (Å²) in [6.07, 6.45) is 0. The molecule has 0 radical (unpaired) electrons. The number of sulfonamides is 1. The Morgan fingerprint density at radius 3 is 2.29 bits per heavy atom. The Morgan fingerprint density at radius 1 is 1.00 bits per heavy atom. The molecular weight excluding hydrogens is 555 g/mol. The van der Waals surface area contributed by atoms with Gasteiger partial charge in [0.1, 0.15) is 12.6 Å². The fourth-order valence-electron chi connectivity index (χ4n) is 3.64. The van der Waals surface area contributed by atoms with Crippen molar-refractivity contribution in [3.8, 4) is 0 Å². The van der Waals surface area contributed by atoms with Crippen LogP contribution >= 0.6 is 23.2 Å². The van der Waals surface area contributed by atoms with E-state index in [1.165, 1.54) is 61.3 Å². The standard InChI is InChI=1S/C25H24Cl2N4O6S/c1-17(25(33)28-2)29(15-18-11-12-22(26)23(27)13-18)24(32)16-30(19-7-6-8-20(14-19)31(34)35)38(36,37)21-9-4-3-5-10-21/h3-14,17H,15-16H2,1-2H3,(H,28,33). The van der Waals surface area contributed by atoms with E-state index in [1.54, 1.807) is 24.3 Å². The third kappa shape index (κ3) is 6.60. The fraction of sp³-hybridized carbons (Fsp3) is 0.200. The van der Waals surface area contributed by atoms with Crippen LogP contribution < -0.4 is 9.62 Å². The quantitative estimate of drug-likeness (QED) is 0.282. The van der Waals surface area contributed by atoms with Gasteiger partial charge in [-0.25, -0.2) is 8.42 Å². The summed E-state index contributed by atoms with van der Waals surface area (Å²) in [5, 5.41) is 14.4. The summed E-state index contributed by atoms with van der Waals surface area (Å²) in [5.41, 5.74) is 0.115. The molecule has 0 fully saturated rings. The predicted molar refractivity (Wildman–Crippen MR) is 145 cm³/mol. The first-order valence-electron chi connectivity index (χ1n) is 11.2. The number of carbonyl (C=O) groups excluding carboxylic acids is 2. The van der Waals surface area contributed by atoms with Crippen molar-refractivity contribution in [1.29, 1.82) is 0 Å². The molecule has 200 valence electrons. The Bertz CT molecular complexity index is 1450. The molecule has 3 aromatic carbocycles. The third-order valence-electron chi connectivity index (χ3n) is 5.69. The number of rotatable bonds is 10. The van der Waals surface area contributed by atoms with Crippen molar-refractivity contribution < 1.29 is 22.9 Å². The summed E-state index contributed by atoms with van der Waals surface area (Å²) in [6, 6.07) is 16.1. The Balaban J connectivity index is 2.07. The molecule has 0 aromatic heterocycles. The van der Waals surface area contributed by atoms with Crippen molar-refractivity contribution in [2.24, 2.45) is 0 Å². The fourth-order valence-corrected chi connectivity index (χ4v) is 5.38. The van der Waals surface area contributed by atoms with Gasteiger partial charge in [0.05, 0.1) is 25.6 Å². The number of nitro groups is 1. The Morgan fingerprint density at radius 2 is 1.68 bits per heavy atom. The van der Waals surface area contributed by atoms with Gasteiger partial charge in [0.2, 0.25) is 11.8 Å². The number of nitrogens with one attached hydrogen (secondary N) is 1. The monoisotopic (exact) mass is 578 g/mol. The maximum atomic E-state index is 13.7. The number of nitrogens with zero attached hydrogens (tertiary/aromatic N) is 3. The number of likely N-dealkylation sites (N-methyl/N-ethyl adjacent to an activating group) is 1. The lowest BCUT2D eigenvalue weighted by atomic mass is 10.1. The van der Waals surface area contributed by atoms with Gasteiger partial charge in [-0.15, -0.1) is 0 Å². The van der Waals surface area contributed by atoms with Crippen LogP contribution in [0.2, 0.25) is 10.0 Å². The third-order valence-corrected chi connectivity index (χ3v) is 8.22. The summed E-state index contributed by atoms with van der Waals surface area (Å²) in [6.45, 7) is 0.678. The molecule has 1 atom stereocenters. The van der Waals surface area contributed by atoms with Gasteiger partial charge in [-0.1, -0.05) is 53.5 Å². The highest BCUT2D eigenvalue weighted by atomic mass is 35.5. The van der Waals surface area contributed by atoms with Crippen molar-refractivity contribution in [1.82, 2.24) is 10.2 Å². The second-order valence-electron chi connectivity index (χ2n) is 8.16. The molecule has 3 rings (SSSR count). The van der Waals surface area contributed by atoms with E-state index in [0.717, 1.165) is 10.4 Å². The van der Waals surface area contributed by atoms with Crippen LogP contribution in [0.15, 0.2) is 77.7 Å². The lowest BCUT2D eigenvalue weighted by Gasteiger charge is -2.31. The Hall–Kier alpha value is -3.67. The molecular formula is C25H24Cl2N4O6S. The van der Waals surface area contributed by atoms with Crippen molar-refractivity contribution in [2.45, 2.75) is 24.4 Å². The zero-order valence-electron chi connectivity index (χ0n) is 20.4. The van der Waals surface area contributed by atoms with Crippen LogP contribution in [-0.4, -0.2) is 49.7 Å². The molecule has 0 aliphatic rings. The van der Waals surface area contributed by atoms with Crippen molar-refractivity contribution in [3.63, 3.8) is 0 Å². The SMILES string of the molecule is CNC(=O)C(C)N(Cc1ccc(Cl)c(Cl)c1)C(=O)CN(c1cccc([N+](=O)[O-])c1)S(=O)(=O)c1ccccc1. The molecule has 1 N–H and O–H groups in total. The van der Waals surface area contributed by atoms with E-state index < -0.39 is 39.3 Å². The summed E-state index contributed by atoms with van der Waals surface area (Å²) >= 11 is 12.1. The van der Waals surface area contributed by atoms with Crippen molar-refractivity contribution in [3.05, 3.63) is 98.5 Å². The number of carbonyl (C=O) groups is 2. The minimum Gasteiger partial charge on any atom is -0.357 e. The number of benzene rings is 3. The minimum atomic E-state index is -4.34. The Labute approximate surface area is 230 Å². The maximum Gasteiger partial charge on any atom is 0.271 e. The van der Waals surface area contributed by atoms with Gasteiger partial charge in [-0.3, -0.25) is 24.0 Å². The van der Waals surface area contributed by atoms with Gasteiger partial charge in [0.25, 0.3) is 15.7 Å². The molecule has 0 spiro atoms. The molecule has 0 saturated heterocycles. The minimum absolute atomic E-state index is 0.0847. The highest BCUT2D eigenvalue weighted by Crippen LogP contribution is 2.28. The molecule has 3 aromatic rings. The second kappa shape index (κ2) is 12.2. The molecule has 10 nitrogen and oxygen atoms in total. The van der Waals surface area contributed by atoms with Crippen LogP contribution in [0.5, 0.6) is 0 Å². The van der Waals surface area contributed by atoms with Crippen LogP contribution in [0.4, 0.5) is 11.4 Å². The van der Waals surface area contributed by atoms with Crippen LogP contribution in [0.1, 0.15) is 12.5 Å². The van der Waals surface area contributed by atoms with Crippen LogP contribution in [0.25, 0.3) is 0 Å². The van der Waals surface area contributed by atoms with E-state index in [-0.39, 0.29) is 27.8 Å². The van der Waals surface area contributed by atoms with Crippen LogP contribution in [0, 0.1) is 10.1 Å². The molecule has 1 unspecified atom stereocenters. The zero-order chi connectivity index (χ0) is 28.0. The van der Waals surface area contributed by atoms with E-state index in [2.05, 4.69) is 5.32 Å². The number of non-ortho nitro benzene ring substituents is 1. The average Bonchev–Trinajstić information content (AvgIpc) is 2.91. The average molecular weight is 579 g/mol. The Kier molecular flexibility index (Phi) is 9.31. The summed E-state index contributed by atoms with van der Waals surface area (Å²) in [4.78, 5) is 38.0. The maximum absolute atomic E-state index is 13.7. The molecule has 13 heteroatoms. The molecule has 0 bridgehead atoms. The van der Waals surface area contributed by atoms with Crippen LogP contribution in [0.3, 0.4) is 0 Å². The molecule has 38 heavy (non-hydrogen) atoms. The van der Waals surface area contributed by atoms with Gasteiger partial charge in [-0.05, 0) is 42.8 Å². The van der Waals surface area contributed by atoms with E-state index in [4.69, 9.17) is 23.2 Å². The van der Waals surface area contributed by atoms with E-state index in [9.17, 15) is 28.1 Å². The van der Waals surface area contributed by atoms with E-state index in [0.29, 0.717) is 10.6 Å². The molecule has 0 aliphatic carbocycles. The lowest BCUT2D eigenvalue weighted by molar-refractivity contribution is -0.384. The highest BCUT2D eigenvalue weighted by Gasteiger charge is 2.32. The van der Waals surface area contributed by atoms with Gasteiger partial charge in [-0.2, -0.15) is 0 Å². The highest BCUT2D eigenvalue weighted by molar-refractivity contribution is 7.92. The second-order valence-corrected chi connectivity index (χ2v) is 10.8. The predicted octanol–water partition coefficient (Wildman–Crippen LogP) is 4.26. The smallest absolute Gasteiger partial charge is 0.271 e.